The predicted molar refractivity (Wildman–Crippen MR) is 110 cm³/mol. The maximum Gasteiger partial charge on any atom is 0.245 e. The minimum absolute atomic E-state index is 0.353. The summed E-state index contributed by atoms with van der Waals surface area (Å²) >= 11 is 0. The Bertz CT molecular complexity index is 1060. The quantitative estimate of drug-likeness (QED) is 0.716. The minimum Gasteiger partial charge on any atom is -0.489 e. The second kappa shape index (κ2) is 7.56. The van der Waals surface area contributed by atoms with Crippen molar-refractivity contribution in [2.75, 3.05) is 12.1 Å². The molecule has 0 saturated heterocycles. The largest absolute Gasteiger partial charge is 0.489 e. The smallest absolute Gasteiger partial charge is 0.245 e. The zero-order chi connectivity index (χ0) is 20.5. The molecule has 2 heterocycles. The zero-order valence-electron chi connectivity index (χ0n) is 16.9. The fraction of sp³-hybridized carbons (Fsp3) is 0.286. The molecule has 1 atom stereocenters. The second-order valence-electron chi connectivity index (χ2n) is 7.22. The van der Waals surface area contributed by atoms with Gasteiger partial charge in [-0.3, -0.25) is 0 Å². The number of benzene rings is 2. The van der Waals surface area contributed by atoms with Crippen LogP contribution in [-0.2, 0) is 6.61 Å². The monoisotopic (exact) mass is 392 g/mol. The van der Waals surface area contributed by atoms with E-state index in [-0.39, 0.29) is 0 Å². The topological polar surface area (TPSA) is 78.5 Å². The van der Waals surface area contributed by atoms with E-state index in [1.807, 2.05) is 74.2 Å². The van der Waals surface area contributed by atoms with Crippen molar-refractivity contribution in [3.05, 3.63) is 71.0 Å². The average Bonchev–Trinajstić information content (AvgIpc) is 3.27. The first kappa shape index (κ1) is 18.9. The number of aliphatic hydroxyl groups is 1. The van der Waals surface area contributed by atoms with Gasteiger partial charge in [-0.15, -0.1) is 0 Å². The maximum atomic E-state index is 10.3. The molecule has 8 nitrogen and oxygen atoms in total. The van der Waals surface area contributed by atoms with E-state index in [4.69, 9.17) is 4.74 Å². The number of aryl methyl sites for hydroxylation is 3. The molecule has 150 valence electrons. The van der Waals surface area contributed by atoms with Crippen molar-refractivity contribution in [1.29, 1.82) is 0 Å². The molecule has 0 radical (unpaired) electrons. The molecule has 0 saturated carbocycles. The van der Waals surface area contributed by atoms with Crippen molar-refractivity contribution in [3.63, 3.8) is 0 Å². The molecular formula is C21H24N6O2. The van der Waals surface area contributed by atoms with Crippen LogP contribution >= 0.6 is 0 Å². The first-order valence-electron chi connectivity index (χ1n) is 9.39. The first-order chi connectivity index (χ1) is 13.9. The van der Waals surface area contributed by atoms with Crippen LogP contribution in [0.2, 0.25) is 0 Å². The lowest BCUT2D eigenvalue weighted by Crippen LogP contribution is -2.36. The molecule has 4 rings (SSSR count). The van der Waals surface area contributed by atoms with Crippen LogP contribution in [-0.4, -0.2) is 33.3 Å². The van der Waals surface area contributed by atoms with Gasteiger partial charge in [0.25, 0.3) is 0 Å². The third-order valence-electron chi connectivity index (χ3n) is 4.97. The Hall–Kier alpha value is -3.39. The number of hydrogen-bond acceptors (Lipinski definition) is 7. The van der Waals surface area contributed by atoms with E-state index in [0.29, 0.717) is 6.61 Å². The highest BCUT2D eigenvalue weighted by Gasteiger charge is 2.28. The molecule has 1 aliphatic rings. The van der Waals surface area contributed by atoms with Gasteiger partial charge in [0.2, 0.25) is 6.35 Å². The van der Waals surface area contributed by atoms with Crippen LogP contribution in [0.25, 0.3) is 5.69 Å². The van der Waals surface area contributed by atoms with Crippen LogP contribution in [0, 0.1) is 20.8 Å². The maximum absolute atomic E-state index is 10.3. The molecule has 0 aliphatic carbocycles. The Morgan fingerprint density at radius 1 is 1.07 bits per heavy atom. The van der Waals surface area contributed by atoms with Crippen molar-refractivity contribution in [2.45, 2.75) is 33.7 Å². The number of hydrogen-bond donors (Lipinski definition) is 1. The fourth-order valence-electron chi connectivity index (χ4n) is 3.26. The van der Waals surface area contributed by atoms with Gasteiger partial charge in [-0.05, 0) is 72.2 Å². The third kappa shape index (κ3) is 3.66. The van der Waals surface area contributed by atoms with Gasteiger partial charge in [0.15, 0.2) is 0 Å². The Morgan fingerprint density at radius 3 is 2.55 bits per heavy atom. The molecular weight excluding hydrogens is 368 g/mol. The summed E-state index contributed by atoms with van der Waals surface area (Å²) in [5.41, 5.74) is 5.90. The summed E-state index contributed by atoms with van der Waals surface area (Å²) < 4.78 is 7.99. The molecule has 0 amide bonds. The number of rotatable bonds is 5. The predicted octanol–water partition coefficient (Wildman–Crippen LogP) is 3.69. The lowest BCUT2D eigenvalue weighted by atomic mass is 10.1. The van der Waals surface area contributed by atoms with Gasteiger partial charge >= 0.3 is 0 Å². The van der Waals surface area contributed by atoms with Crippen LogP contribution in [0.3, 0.4) is 0 Å². The lowest BCUT2D eigenvalue weighted by Gasteiger charge is -2.24. The van der Waals surface area contributed by atoms with E-state index in [1.54, 1.807) is 7.05 Å². The number of anilines is 1. The van der Waals surface area contributed by atoms with Crippen LogP contribution in [0.1, 0.15) is 22.3 Å². The minimum atomic E-state index is -0.936. The molecule has 0 bridgehead atoms. The van der Waals surface area contributed by atoms with Crippen LogP contribution in [0.5, 0.6) is 5.75 Å². The van der Waals surface area contributed by atoms with E-state index in [1.165, 1.54) is 10.0 Å². The van der Waals surface area contributed by atoms with E-state index >= 15 is 0 Å². The molecule has 3 aromatic rings. The Labute approximate surface area is 169 Å². The van der Waals surface area contributed by atoms with Gasteiger partial charge in [0.05, 0.1) is 17.6 Å². The molecule has 29 heavy (non-hydrogen) atoms. The summed E-state index contributed by atoms with van der Waals surface area (Å²) in [6, 6.07) is 11.8. The van der Waals surface area contributed by atoms with Crippen molar-refractivity contribution in [3.8, 4) is 11.4 Å². The highest BCUT2D eigenvalue weighted by molar-refractivity contribution is 5.56. The molecule has 1 aliphatic heterocycles. The summed E-state index contributed by atoms with van der Waals surface area (Å²) in [6.45, 7) is 6.40. The van der Waals surface area contributed by atoms with Gasteiger partial charge in [-0.2, -0.15) is 10.1 Å². The standard InChI is InChI=1S/C21H24N6O2/c1-14-11-22-26(12-14)17-8-9-20(16(3)10-17)29-13-18-15(2)6-5-7-19(18)27-21(28)25(4)23-24-27/h5-12,21,28H,13H2,1-4H3. The summed E-state index contributed by atoms with van der Waals surface area (Å²) in [5.74, 6) is 0.799. The molecule has 1 unspecified atom stereocenters. The van der Waals surface area contributed by atoms with Gasteiger partial charge in [-0.25, -0.2) is 9.69 Å². The van der Waals surface area contributed by atoms with Crippen molar-refractivity contribution in [1.82, 2.24) is 14.8 Å². The number of aliphatic hydroxyl groups excluding tert-OH is 1. The second-order valence-corrected chi connectivity index (χ2v) is 7.22. The van der Waals surface area contributed by atoms with E-state index < -0.39 is 6.35 Å². The van der Waals surface area contributed by atoms with Crippen molar-refractivity contribution in [2.24, 2.45) is 10.4 Å². The van der Waals surface area contributed by atoms with Crippen LogP contribution in [0.15, 0.2) is 59.2 Å². The summed E-state index contributed by atoms with van der Waals surface area (Å²) in [6.07, 6.45) is 2.89. The van der Waals surface area contributed by atoms with Crippen LogP contribution in [0.4, 0.5) is 5.69 Å². The van der Waals surface area contributed by atoms with Gasteiger partial charge < -0.3 is 9.84 Å². The summed E-state index contributed by atoms with van der Waals surface area (Å²) in [7, 11) is 1.67. The van der Waals surface area contributed by atoms with Gasteiger partial charge in [-0.1, -0.05) is 12.1 Å². The van der Waals surface area contributed by atoms with Crippen molar-refractivity contribution < 1.29 is 9.84 Å². The first-order valence-corrected chi connectivity index (χ1v) is 9.39. The number of nitrogens with zero attached hydrogens (tertiary/aromatic N) is 6. The number of ether oxygens (including phenoxy) is 1. The van der Waals surface area contributed by atoms with Crippen molar-refractivity contribution >= 4 is 5.69 Å². The van der Waals surface area contributed by atoms with E-state index in [9.17, 15) is 5.11 Å². The zero-order valence-corrected chi connectivity index (χ0v) is 16.9. The summed E-state index contributed by atoms with van der Waals surface area (Å²) in [5, 5.41) is 25.5. The molecule has 1 aromatic heterocycles. The highest BCUT2D eigenvalue weighted by Crippen LogP contribution is 2.31. The Morgan fingerprint density at radius 2 is 1.90 bits per heavy atom. The summed E-state index contributed by atoms with van der Waals surface area (Å²) in [4.78, 5) is 0. The van der Waals surface area contributed by atoms with E-state index in [0.717, 1.165) is 39.4 Å². The van der Waals surface area contributed by atoms with Crippen LogP contribution < -0.4 is 9.75 Å². The molecule has 1 N–H and O–H groups in total. The lowest BCUT2D eigenvalue weighted by molar-refractivity contribution is 0.0456. The SMILES string of the molecule is Cc1cnn(-c2ccc(OCc3c(C)cccc3N3N=NN(C)C3O)c(C)c2)c1. The number of aromatic nitrogens is 2. The highest BCUT2D eigenvalue weighted by atomic mass is 16.5. The normalized spacial score (nSPS) is 16.0. The molecule has 2 aromatic carbocycles. The third-order valence-corrected chi connectivity index (χ3v) is 4.97. The molecule has 8 heteroatoms. The average molecular weight is 392 g/mol. The Kier molecular flexibility index (Phi) is 4.94. The van der Waals surface area contributed by atoms with E-state index in [2.05, 4.69) is 15.5 Å². The Balaban J connectivity index is 1.56. The molecule has 0 fully saturated rings. The van der Waals surface area contributed by atoms with Gasteiger partial charge in [0.1, 0.15) is 12.4 Å². The van der Waals surface area contributed by atoms with Gasteiger partial charge in [0, 0.05) is 18.8 Å². The fourth-order valence-corrected chi connectivity index (χ4v) is 3.26. The molecule has 0 spiro atoms.